The Hall–Kier alpha value is -0.510. The molecule has 0 amide bonds. The molecule has 1 fully saturated rings. The highest BCUT2D eigenvalue weighted by atomic mass is 35.5. The maximum Gasteiger partial charge on any atom is 0.160 e. The second-order valence-corrected chi connectivity index (χ2v) is 5.71. The lowest BCUT2D eigenvalue weighted by Crippen LogP contribution is -2.38. The van der Waals surface area contributed by atoms with Crippen LogP contribution in [0.15, 0.2) is 12.1 Å². The first kappa shape index (κ1) is 13.9. The van der Waals surface area contributed by atoms with Gasteiger partial charge in [0.05, 0.1) is 15.6 Å². The smallest absolute Gasteiger partial charge is 0.160 e. The molecule has 2 rings (SSSR count). The van der Waals surface area contributed by atoms with Gasteiger partial charge >= 0.3 is 0 Å². The van der Waals surface area contributed by atoms with E-state index >= 15 is 0 Å². The van der Waals surface area contributed by atoms with Gasteiger partial charge < -0.3 is 10.4 Å². The zero-order valence-corrected chi connectivity index (χ0v) is 11.5. The Morgan fingerprint density at radius 2 is 1.72 bits per heavy atom. The van der Waals surface area contributed by atoms with Crippen LogP contribution in [0.1, 0.15) is 32.1 Å². The van der Waals surface area contributed by atoms with Gasteiger partial charge in [-0.3, -0.25) is 0 Å². The molecule has 5 heteroatoms. The first-order valence-corrected chi connectivity index (χ1v) is 6.87. The molecular weight excluding hydrogens is 276 g/mol. The van der Waals surface area contributed by atoms with Gasteiger partial charge in [0, 0.05) is 12.2 Å². The highest BCUT2D eigenvalue weighted by Gasteiger charge is 2.28. The molecular formula is C13H16Cl2FNO. The SMILES string of the molecule is OC1(CNc2cc(Cl)c(F)c(Cl)c2)CCCCC1. The van der Waals surface area contributed by atoms with Gasteiger partial charge in [0.25, 0.3) is 0 Å². The number of rotatable bonds is 3. The van der Waals surface area contributed by atoms with Crippen LogP contribution in [-0.4, -0.2) is 17.3 Å². The molecule has 0 aliphatic heterocycles. The van der Waals surface area contributed by atoms with Crippen LogP contribution < -0.4 is 5.32 Å². The highest BCUT2D eigenvalue weighted by molar-refractivity contribution is 6.35. The van der Waals surface area contributed by atoms with Crippen molar-refractivity contribution in [3.8, 4) is 0 Å². The van der Waals surface area contributed by atoms with E-state index in [1.807, 2.05) is 0 Å². The molecule has 0 heterocycles. The fourth-order valence-electron chi connectivity index (χ4n) is 2.31. The lowest BCUT2D eigenvalue weighted by Gasteiger charge is -2.32. The quantitative estimate of drug-likeness (QED) is 0.817. The van der Waals surface area contributed by atoms with Crippen molar-refractivity contribution in [2.24, 2.45) is 0 Å². The van der Waals surface area contributed by atoms with Gasteiger partial charge in [0.15, 0.2) is 5.82 Å². The number of hydrogen-bond donors (Lipinski definition) is 2. The predicted octanol–water partition coefficient (Wildman–Crippen LogP) is 4.24. The summed E-state index contributed by atoms with van der Waals surface area (Å²) in [6, 6.07) is 2.96. The molecule has 0 atom stereocenters. The average Bonchev–Trinajstić information content (AvgIpc) is 2.34. The third-order valence-corrected chi connectivity index (χ3v) is 3.94. The van der Waals surface area contributed by atoms with E-state index in [2.05, 4.69) is 5.32 Å². The van der Waals surface area contributed by atoms with Crippen LogP contribution in [0, 0.1) is 5.82 Å². The van der Waals surface area contributed by atoms with E-state index in [0.29, 0.717) is 12.2 Å². The van der Waals surface area contributed by atoms with E-state index in [0.717, 1.165) is 25.7 Å². The highest BCUT2D eigenvalue weighted by Crippen LogP contribution is 2.30. The Morgan fingerprint density at radius 3 is 2.28 bits per heavy atom. The van der Waals surface area contributed by atoms with E-state index in [1.54, 1.807) is 0 Å². The molecule has 0 unspecified atom stereocenters. The number of benzene rings is 1. The molecule has 0 spiro atoms. The normalized spacial score (nSPS) is 18.7. The van der Waals surface area contributed by atoms with Crippen LogP contribution in [0.5, 0.6) is 0 Å². The molecule has 1 aliphatic carbocycles. The van der Waals surface area contributed by atoms with Crippen molar-refractivity contribution < 1.29 is 9.50 Å². The first-order valence-electron chi connectivity index (χ1n) is 6.11. The van der Waals surface area contributed by atoms with Crippen molar-refractivity contribution >= 4 is 28.9 Å². The standard InChI is InChI=1S/C13H16Cl2FNO/c14-10-6-9(7-11(15)12(10)16)17-8-13(18)4-2-1-3-5-13/h6-7,17-18H,1-5,8H2. The van der Waals surface area contributed by atoms with Crippen molar-refractivity contribution in [1.29, 1.82) is 0 Å². The summed E-state index contributed by atoms with van der Waals surface area (Å²) in [4.78, 5) is 0. The van der Waals surface area contributed by atoms with Crippen LogP contribution in [0.2, 0.25) is 10.0 Å². The Morgan fingerprint density at radius 1 is 1.17 bits per heavy atom. The Kier molecular flexibility index (Phi) is 4.36. The third-order valence-electron chi connectivity index (χ3n) is 3.39. The van der Waals surface area contributed by atoms with E-state index in [1.165, 1.54) is 18.6 Å². The maximum atomic E-state index is 13.2. The molecule has 0 aromatic heterocycles. The van der Waals surface area contributed by atoms with Gasteiger partial charge in [-0.25, -0.2) is 4.39 Å². The second-order valence-electron chi connectivity index (χ2n) is 4.89. The molecule has 1 aromatic rings. The van der Waals surface area contributed by atoms with Gasteiger partial charge in [-0.15, -0.1) is 0 Å². The van der Waals surface area contributed by atoms with Crippen LogP contribution in [0.3, 0.4) is 0 Å². The number of hydrogen-bond acceptors (Lipinski definition) is 2. The lowest BCUT2D eigenvalue weighted by atomic mass is 9.85. The number of aliphatic hydroxyl groups is 1. The fourth-order valence-corrected chi connectivity index (χ4v) is 2.80. The van der Waals surface area contributed by atoms with E-state index < -0.39 is 11.4 Å². The summed E-state index contributed by atoms with van der Waals surface area (Å²) in [5, 5.41) is 13.4. The lowest BCUT2D eigenvalue weighted by molar-refractivity contribution is 0.0167. The maximum absolute atomic E-state index is 13.2. The molecule has 2 N–H and O–H groups in total. The molecule has 100 valence electrons. The Balaban J connectivity index is 2.01. The minimum absolute atomic E-state index is 0.0133. The monoisotopic (exact) mass is 291 g/mol. The topological polar surface area (TPSA) is 32.3 Å². The molecule has 2 nitrogen and oxygen atoms in total. The zero-order chi connectivity index (χ0) is 13.2. The summed E-state index contributed by atoms with van der Waals surface area (Å²) in [6.45, 7) is 0.436. The molecule has 18 heavy (non-hydrogen) atoms. The first-order chi connectivity index (χ1) is 8.50. The second kappa shape index (κ2) is 5.64. The largest absolute Gasteiger partial charge is 0.388 e. The number of halogens is 3. The van der Waals surface area contributed by atoms with Crippen LogP contribution in [0.25, 0.3) is 0 Å². The molecule has 0 bridgehead atoms. The predicted molar refractivity (Wildman–Crippen MR) is 72.9 cm³/mol. The van der Waals surface area contributed by atoms with Gasteiger partial charge in [-0.2, -0.15) is 0 Å². The van der Waals surface area contributed by atoms with Crippen molar-refractivity contribution in [3.05, 3.63) is 28.0 Å². The molecule has 1 saturated carbocycles. The molecule has 1 aliphatic rings. The fraction of sp³-hybridized carbons (Fsp3) is 0.538. The minimum atomic E-state index is -0.675. The summed E-state index contributed by atoms with van der Waals surface area (Å²) < 4.78 is 13.2. The van der Waals surface area contributed by atoms with Crippen molar-refractivity contribution in [1.82, 2.24) is 0 Å². The van der Waals surface area contributed by atoms with Crippen LogP contribution in [-0.2, 0) is 0 Å². The summed E-state index contributed by atoms with van der Waals surface area (Å²) in [5.41, 5.74) is -0.0450. The zero-order valence-electron chi connectivity index (χ0n) is 9.98. The summed E-state index contributed by atoms with van der Waals surface area (Å²) in [6.07, 6.45) is 4.86. The van der Waals surface area contributed by atoms with Gasteiger partial charge in [-0.05, 0) is 25.0 Å². The number of anilines is 1. The van der Waals surface area contributed by atoms with Gasteiger partial charge in [0.1, 0.15) is 0 Å². The van der Waals surface area contributed by atoms with Crippen LogP contribution in [0.4, 0.5) is 10.1 Å². The minimum Gasteiger partial charge on any atom is -0.388 e. The Labute approximate surface area is 116 Å². The van der Waals surface area contributed by atoms with Gasteiger partial charge in [0.2, 0.25) is 0 Å². The average molecular weight is 292 g/mol. The summed E-state index contributed by atoms with van der Waals surface area (Å²) in [7, 11) is 0. The molecule has 1 aromatic carbocycles. The summed E-state index contributed by atoms with van der Waals surface area (Å²) >= 11 is 11.4. The Bertz CT molecular complexity index is 410. The van der Waals surface area contributed by atoms with Gasteiger partial charge in [-0.1, -0.05) is 42.5 Å². The van der Waals surface area contributed by atoms with E-state index in [4.69, 9.17) is 23.2 Å². The van der Waals surface area contributed by atoms with Crippen molar-refractivity contribution in [2.75, 3.05) is 11.9 Å². The van der Waals surface area contributed by atoms with E-state index in [-0.39, 0.29) is 10.0 Å². The van der Waals surface area contributed by atoms with Crippen molar-refractivity contribution in [3.63, 3.8) is 0 Å². The molecule has 0 radical (unpaired) electrons. The summed E-state index contributed by atoms with van der Waals surface area (Å²) in [5.74, 6) is -0.611. The van der Waals surface area contributed by atoms with E-state index in [9.17, 15) is 9.50 Å². The van der Waals surface area contributed by atoms with Crippen molar-refractivity contribution in [2.45, 2.75) is 37.7 Å². The number of nitrogens with one attached hydrogen (secondary N) is 1. The third kappa shape index (κ3) is 3.28. The molecule has 0 saturated heterocycles. The van der Waals surface area contributed by atoms with Crippen LogP contribution >= 0.6 is 23.2 Å².